The molecule has 1 aliphatic heterocycles. The summed E-state index contributed by atoms with van der Waals surface area (Å²) in [6.45, 7) is 6.07. The molecule has 2 aromatic rings. The molecule has 3 heterocycles. The number of hydrogen-bond acceptors (Lipinski definition) is 7. The Morgan fingerprint density at radius 1 is 1.31 bits per heavy atom. The second kappa shape index (κ2) is 9.75. The molecule has 1 aliphatic rings. The Labute approximate surface area is 164 Å². The first kappa shape index (κ1) is 19.7. The second-order valence-corrected chi connectivity index (χ2v) is 8.60. The van der Waals surface area contributed by atoms with Crippen molar-refractivity contribution in [1.29, 1.82) is 0 Å². The van der Waals surface area contributed by atoms with E-state index in [0.717, 1.165) is 48.6 Å². The Kier molecular flexibility index (Phi) is 7.39. The summed E-state index contributed by atoms with van der Waals surface area (Å²) in [5.74, 6) is 1.91. The van der Waals surface area contributed by atoms with Crippen LogP contribution >= 0.6 is 23.5 Å². The molecule has 0 aliphatic carbocycles. The van der Waals surface area contributed by atoms with E-state index < -0.39 is 0 Å². The highest BCUT2D eigenvalue weighted by atomic mass is 32.2. The molecule has 1 N–H and O–H groups in total. The number of aromatic amines is 1. The first-order valence-corrected chi connectivity index (χ1v) is 10.8. The van der Waals surface area contributed by atoms with Crippen molar-refractivity contribution >= 4 is 23.5 Å². The number of aromatic nitrogens is 3. The fraction of sp³-hybridized carbons (Fsp3) is 0.556. The standard InChI is InChI=1S/C18H27N5OS2/c1-14-15(13-26-18-20-6-7-21-18)19-5-4-16(14)25-11-9-23-8-10-24-17(12-23)22(2)3/h4-7,17H,8-13H2,1-3H3,(H,20,21). The lowest BCUT2D eigenvalue weighted by Gasteiger charge is -2.36. The van der Waals surface area contributed by atoms with Gasteiger partial charge in [-0.1, -0.05) is 11.8 Å². The zero-order valence-electron chi connectivity index (χ0n) is 15.6. The van der Waals surface area contributed by atoms with Gasteiger partial charge in [0.2, 0.25) is 0 Å². The first-order valence-electron chi connectivity index (χ1n) is 8.83. The van der Waals surface area contributed by atoms with Gasteiger partial charge in [-0.25, -0.2) is 4.98 Å². The number of nitrogens with one attached hydrogen (secondary N) is 1. The molecule has 142 valence electrons. The highest BCUT2D eigenvalue weighted by Crippen LogP contribution is 2.27. The van der Waals surface area contributed by atoms with Crippen molar-refractivity contribution in [3.63, 3.8) is 0 Å². The summed E-state index contributed by atoms with van der Waals surface area (Å²) in [6, 6.07) is 2.13. The van der Waals surface area contributed by atoms with Gasteiger partial charge in [0, 0.05) is 54.6 Å². The van der Waals surface area contributed by atoms with Gasteiger partial charge < -0.3 is 9.72 Å². The summed E-state index contributed by atoms with van der Waals surface area (Å²) >= 11 is 3.61. The van der Waals surface area contributed by atoms with Crippen LogP contribution in [0.2, 0.25) is 0 Å². The molecule has 0 radical (unpaired) electrons. The molecular formula is C18H27N5OS2. The molecule has 0 bridgehead atoms. The predicted octanol–water partition coefficient (Wildman–Crippen LogP) is 2.72. The number of hydrogen-bond donors (Lipinski definition) is 1. The van der Waals surface area contributed by atoms with Crippen LogP contribution in [-0.4, -0.2) is 77.1 Å². The molecule has 26 heavy (non-hydrogen) atoms. The summed E-state index contributed by atoms with van der Waals surface area (Å²) < 4.78 is 5.79. The first-order chi connectivity index (χ1) is 12.6. The van der Waals surface area contributed by atoms with Crippen LogP contribution in [0, 0.1) is 6.92 Å². The molecule has 0 amide bonds. The summed E-state index contributed by atoms with van der Waals surface area (Å²) in [5.41, 5.74) is 2.42. The van der Waals surface area contributed by atoms with Crippen LogP contribution in [0.3, 0.4) is 0 Å². The van der Waals surface area contributed by atoms with Crippen LogP contribution in [0.4, 0.5) is 0 Å². The lowest BCUT2D eigenvalue weighted by Crippen LogP contribution is -2.49. The monoisotopic (exact) mass is 393 g/mol. The maximum atomic E-state index is 5.79. The van der Waals surface area contributed by atoms with Crippen molar-refractivity contribution in [3.05, 3.63) is 35.9 Å². The Balaban J connectivity index is 1.49. The molecule has 1 unspecified atom stereocenters. The quantitative estimate of drug-likeness (QED) is 0.692. The lowest BCUT2D eigenvalue weighted by molar-refractivity contribution is -0.0929. The van der Waals surface area contributed by atoms with Crippen molar-refractivity contribution < 1.29 is 4.74 Å². The largest absolute Gasteiger partial charge is 0.360 e. The fourth-order valence-electron chi connectivity index (χ4n) is 2.81. The third kappa shape index (κ3) is 5.47. The summed E-state index contributed by atoms with van der Waals surface area (Å²) in [6.07, 6.45) is 5.76. The average molecular weight is 394 g/mol. The van der Waals surface area contributed by atoms with Crippen molar-refractivity contribution in [2.24, 2.45) is 0 Å². The van der Waals surface area contributed by atoms with E-state index in [0.29, 0.717) is 0 Å². The molecule has 1 fully saturated rings. The van der Waals surface area contributed by atoms with E-state index in [4.69, 9.17) is 4.74 Å². The minimum atomic E-state index is 0.210. The minimum absolute atomic E-state index is 0.210. The Morgan fingerprint density at radius 3 is 2.96 bits per heavy atom. The third-order valence-electron chi connectivity index (χ3n) is 4.45. The SMILES string of the molecule is Cc1c(SCCN2CCOC(N(C)C)C2)ccnc1CSc1ncc[nH]1. The van der Waals surface area contributed by atoms with Gasteiger partial charge in [-0.05, 0) is 32.6 Å². The van der Waals surface area contributed by atoms with Crippen LogP contribution in [0.1, 0.15) is 11.3 Å². The molecule has 8 heteroatoms. The number of thioether (sulfide) groups is 2. The van der Waals surface area contributed by atoms with Crippen LogP contribution in [0.5, 0.6) is 0 Å². The average Bonchev–Trinajstić information content (AvgIpc) is 3.16. The van der Waals surface area contributed by atoms with Crippen molar-refractivity contribution in [2.75, 3.05) is 46.1 Å². The molecule has 1 saturated heterocycles. The van der Waals surface area contributed by atoms with Gasteiger partial charge in [0.05, 0.1) is 12.3 Å². The summed E-state index contributed by atoms with van der Waals surface area (Å²) in [4.78, 5) is 17.9. The van der Waals surface area contributed by atoms with Gasteiger partial charge in [-0.2, -0.15) is 0 Å². The molecular weight excluding hydrogens is 366 g/mol. The highest BCUT2D eigenvalue weighted by Gasteiger charge is 2.21. The number of ether oxygens (including phenoxy) is 1. The van der Waals surface area contributed by atoms with E-state index in [-0.39, 0.29) is 6.23 Å². The van der Waals surface area contributed by atoms with E-state index >= 15 is 0 Å². The zero-order chi connectivity index (χ0) is 18.4. The van der Waals surface area contributed by atoms with E-state index in [2.05, 4.69) is 51.8 Å². The smallest absolute Gasteiger partial charge is 0.165 e. The van der Waals surface area contributed by atoms with Crippen molar-refractivity contribution in [1.82, 2.24) is 24.8 Å². The maximum absolute atomic E-state index is 5.79. The molecule has 6 nitrogen and oxygen atoms in total. The van der Waals surface area contributed by atoms with Crippen LogP contribution < -0.4 is 0 Å². The molecule has 3 rings (SSSR count). The Hall–Kier alpha value is -1.06. The minimum Gasteiger partial charge on any atom is -0.360 e. The van der Waals surface area contributed by atoms with Gasteiger partial charge in [-0.15, -0.1) is 11.8 Å². The van der Waals surface area contributed by atoms with Crippen LogP contribution in [0.15, 0.2) is 34.7 Å². The number of H-pyrrole nitrogens is 1. The normalized spacial score (nSPS) is 18.5. The van der Waals surface area contributed by atoms with Crippen molar-refractivity contribution in [3.8, 4) is 0 Å². The van der Waals surface area contributed by atoms with Crippen LogP contribution in [0.25, 0.3) is 0 Å². The number of imidazole rings is 1. The van der Waals surface area contributed by atoms with Gasteiger partial charge in [0.25, 0.3) is 0 Å². The second-order valence-electron chi connectivity index (χ2n) is 6.50. The number of likely N-dealkylation sites (N-methyl/N-ethyl adjacent to an activating group) is 1. The topological polar surface area (TPSA) is 57.3 Å². The van der Waals surface area contributed by atoms with E-state index in [1.54, 1.807) is 18.0 Å². The van der Waals surface area contributed by atoms with Gasteiger partial charge in [0.15, 0.2) is 5.16 Å². The Morgan fingerprint density at radius 2 is 2.19 bits per heavy atom. The lowest BCUT2D eigenvalue weighted by atomic mass is 10.2. The molecule has 1 atom stereocenters. The predicted molar refractivity (Wildman–Crippen MR) is 108 cm³/mol. The summed E-state index contributed by atoms with van der Waals surface area (Å²) in [7, 11) is 4.15. The molecule has 0 spiro atoms. The molecule has 0 saturated carbocycles. The molecule has 2 aromatic heterocycles. The zero-order valence-corrected chi connectivity index (χ0v) is 17.3. The fourth-order valence-corrected chi connectivity index (χ4v) is 4.72. The third-order valence-corrected chi connectivity index (χ3v) is 6.51. The molecule has 0 aromatic carbocycles. The Bertz CT molecular complexity index is 680. The number of nitrogens with zero attached hydrogens (tertiary/aromatic N) is 4. The van der Waals surface area contributed by atoms with Crippen LogP contribution in [-0.2, 0) is 10.5 Å². The van der Waals surface area contributed by atoms with Gasteiger partial charge in [-0.3, -0.25) is 14.8 Å². The number of morpholine rings is 1. The van der Waals surface area contributed by atoms with Crippen molar-refractivity contribution in [2.45, 2.75) is 29.0 Å². The van der Waals surface area contributed by atoms with E-state index in [9.17, 15) is 0 Å². The van der Waals surface area contributed by atoms with Gasteiger partial charge in [0.1, 0.15) is 6.23 Å². The maximum Gasteiger partial charge on any atom is 0.165 e. The number of rotatable bonds is 8. The van der Waals surface area contributed by atoms with E-state index in [1.807, 2.05) is 24.2 Å². The number of pyridine rings is 1. The van der Waals surface area contributed by atoms with E-state index in [1.165, 1.54) is 10.5 Å². The summed E-state index contributed by atoms with van der Waals surface area (Å²) in [5, 5.41) is 0.937. The highest BCUT2D eigenvalue weighted by molar-refractivity contribution is 7.99. The van der Waals surface area contributed by atoms with Gasteiger partial charge >= 0.3 is 0 Å².